The van der Waals surface area contributed by atoms with Crippen molar-refractivity contribution >= 4 is 33.9 Å². The summed E-state index contributed by atoms with van der Waals surface area (Å²) in [5.41, 5.74) is 2.82. The molecular formula is C30H32N4O5. The summed E-state index contributed by atoms with van der Waals surface area (Å²) >= 11 is 0. The second kappa shape index (κ2) is 11.1. The van der Waals surface area contributed by atoms with Gasteiger partial charge in [0, 0.05) is 55.0 Å². The molecule has 9 heteroatoms. The highest BCUT2D eigenvalue weighted by atomic mass is 16.5. The maximum atomic E-state index is 12.4. The molecule has 2 N–H and O–H groups in total. The van der Waals surface area contributed by atoms with E-state index in [1.54, 1.807) is 20.4 Å². The SMILES string of the molecule is CCC(=O)N1CCC(CNc2c(Nc3ccc4cc(-c5cc(OC)cc(OC)c5)cnc4c3)c(=O)c2=O)CC1. The number of hydrogen-bond donors (Lipinski definition) is 2. The fourth-order valence-corrected chi connectivity index (χ4v) is 5.01. The van der Waals surface area contributed by atoms with Crippen LogP contribution in [-0.2, 0) is 4.79 Å². The molecule has 2 heterocycles. The minimum atomic E-state index is -0.531. The lowest BCUT2D eigenvalue weighted by molar-refractivity contribution is -0.132. The van der Waals surface area contributed by atoms with Gasteiger partial charge in [-0.1, -0.05) is 13.0 Å². The number of anilines is 3. The van der Waals surface area contributed by atoms with E-state index in [9.17, 15) is 14.4 Å². The van der Waals surface area contributed by atoms with Gasteiger partial charge in [-0.2, -0.15) is 0 Å². The van der Waals surface area contributed by atoms with Crippen LogP contribution < -0.4 is 31.0 Å². The molecule has 4 aromatic rings. The molecule has 1 fully saturated rings. The number of methoxy groups -OCH3 is 2. The maximum absolute atomic E-state index is 12.4. The molecule has 1 amide bonds. The molecule has 39 heavy (non-hydrogen) atoms. The predicted molar refractivity (Wildman–Crippen MR) is 153 cm³/mol. The number of rotatable bonds is 9. The Morgan fingerprint density at radius 3 is 2.31 bits per heavy atom. The largest absolute Gasteiger partial charge is 0.497 e. The summed E-state index contributed by atoms with van der Waals surface area (Å²) in [7, 11) is 3.23. The smallest absolute Gasteiger partial charge is 0.253 e. The van der Waals surface area contributed by atoms with Gasteiger partial charge in [0.2, 0.25) is 5.91 Å². The van der Waals surface area contributed by atoms with Gasteiger partial charge < -0.3 is 25.0 Å². The number of likely N-dealkylation sites (tertiary alicyclic amines) is 1. The number of carbonyl (C=O) groups is 1. The third-order valence-electron chi connectivity index (χ3n) is 7.39. The maximum Gasteiger partial charge on any atom is 0.253 e. The van der Waals surface area contributed by atoms with E-state index in [0.717, 1.165) is 48.0 Å². The third kappa shape index (κ3) is 5.43. The van der Waals surface area contributed by atoms with Gasteiger partial charge in [-0.15, -0.1) is 0 Å². The molecule has 1 aromatic heterocycles. The summed E-state index contributed by atoms with van der Waals surface area (Å²) in [6, 6.07) is 13.3. The molecule has 0 unspecified atom stereocenters. The molecule has 0 saturated carbocycles. The van der Waals surface area contributed by atoms with Crippen LogP contribution in [0.5, 0.6) is 11.5 Å². The fraction of sp³-hybridized carbons (Fsp3) is 0.333. The van der Waals surface area contributed by atoms with E-state index in [2.05, 4.69) is 15.6 Å². The topological polar surface area (TPSA) is 110 Å². The average Bonchev–Trinajstić information content (AvgIpc) is 2.99. The number of ether oxygens (including phenoxy) is 2. The number of nitrogens with zero attached hydrogens (tertiary/aromatic N) is 2. The van der Waals surface area contributed by atoms with Crippen LogP contribution in [0.15, 0.2) is 58.3 Å². The second-order valence-corrected chi connectivity index (χ2v) is 9.82. The average molecular weight is 529 g/mol. The minimum absolute atomic E-state index is 0.178. The van der Waals surface area contributed by atoms with E-state index in [0.29, 0.717) is 41.8 Å². The van der Waals surface area contributed by atoms with Crippen molar-refractivity contribution in [2.24, 2.45) is 5.92 Å². The van der Waals surface area contributed by atoms with Crippen LogP contribution in [0.3, 0.4) is 0 Å². The monoisotopic (exact) mass is 528 g/mol. The molecule has 202 valence electrons. The Morgan fingerprint density at radius 1 is 0.949 bits per heavy atom. The molecule has 0 spiro atoms. The lowest BCUT2D eigenvalue weighted by atomic mass is 9.96. The summed E-state index contributed by atoms with van der Waals surface area (Å²) in [6.45, 7) is 3.92. The highest BCUT2D eigenvalue weighted by Crippen LogP contribution is 2.32. The Kier molecular flexibility index (Phi) is 7.49. The number of aromatic nitrogens is 1. The van der Waals surface area contributed by atoms with Crippen molar-refractivity contribution in [3.63, 3.8) is 0 Å². The van der Waals surface area contributed by atoms with E-state index < -0.39 is 10.9 Å². The quantitative estimate of drug-likeness (QED) is 0.309. The molecule has 9 nitrogen and oxygen atoms in total. The van der Waals surface area contributed by atoms with E-state index in [1.165, 1.54) is 0 Å². The first-order valence-corrected chi connectivity index (χ1v) is 13.2. The Labute approximate surface area is 226 Å². The van der Waals surface area contributed by atoms with Crippen molar-refractivity contribution < 1.29 is 14.3 Å². The van der Waals surface area contributed by atoms with Gasteiger partial charge in [0.1, 0.15) is 22.9 Å². The van der Waals surface area contributed by atoms with Crippen molar-refractivity contribution in [2.45, 2.75) is 26.2 Å². The second-order valence-electron chi connectivity index (χ2n) is 9.82. The van der Waals surface area contributed by atoms with Gasteiger partial charge in [-0.25, -0.2) is 0 Å². The molecule has 0 radical (unpaired) electrons. The Morgan fingerprint density at radius 2 is 1.64 bits per heavy atom. The number of benzene rings is 2. The van der Waals surface area contributed by atoms with Crippen LogP contribution in [0.4, 0.5) is 17.1 Å². The first-order valence-electron chi connectivity index (χ1n) is 13.2. The van der Waals surface area contributed by atoms with Crippen LogP contribution in [0.2, 0.25) is 0 Å². The molecule has 1 aliphatic rings. The number of piperidine rings is 1. The highest BCUT2D eigenvalue weighted by molar-refractivity contribution is 5.88. The van der Waals surface area contributed by atoms with E-state index >= 15 is 0 Å². The van der Waals surface area contributed by atoms with Crippen LogP contribution >= 0.6 is 0 Å². The van der Waals surface area contributed by atoms with Crippen molar-refractivity contribution in [3.8, 4) is 22.6 Å². The number of hydrogen-bond acceptors (Lipinski definition) is 8. The van der Waals surface area contributed by atoms with Crippen LogP contribution in [0.1, 0.15) is 26.2 Å². The summed E-state index contributed by atoms with van der Waals surface area (Å²) in [4.78, 5) is 43.1. The molecule has 0 atom stereocenters. The van der Waals surface area contributed by atoms with Crippen molar-refractivity contribution in [2.75, 3.05) is 44.5 Å². The summed E-state index contributed by atoms with van der Waals surface area (Å²) in [6.07, 6.45) is 4.05. The van der Waals surface area contributed by atoms with Crippen molar-refractivity contribution in [3.05, 3.63) is 69.1 Å². The summed E-state index contributed by atoms with van der Waals surface area (Å²) in [5, 5.41) is 7.23. The molecule has 1 saturated heterocycles. The molecule has 5 rings (SSSR count). The van der Waals surface area contributed by atoms with Gasteiger partial charge in [0.05, 0.1) is 19.7 Å². The summed E-state index contributed by atoms with van der Waals surface area (Å²) in [5.74, 6) is 1.90. The van der Waals surface area contributed by atoms with Crippen molar-refractivity contribution in [1.29, 1.82) is 0 Å². The Hall–Kier alpha value is -4.40. The predicted octanol–water partition coefficient (Wildman–Crippen LogP) is 4.32. The lowest BCUT2D eigenvalue weighted by Crippen LogP contribution is -2.41. The molecule has 3 aromatic carbocycles. The minimum Gasteiger partial charge on any atom is -0.497 e. The zero-order valence-corrected chi connectivity index (χ0v) is 22.4. The molecular weight excluding hydrogens is 496 g/mol. The number of fused-ring (bicyclic) bond motifs is 1. The van der Waals surface area contributed by atoms with Crippen molar-refractivity contribution in [1.82, 2.24) is 9.88 Å². The summed E-state index contributed by atoms with van der Waals surface area (Å²) < 4.78 is 10.8. The number of amides is 1. The number of pyridine rings is 1. The van der Waals surface area contributed by atoms with Gasteiger partial charge in [0.15, 0.2) is 0 Å². The van der Waals surface area contributed by atoms with Crippen LogP contribution in [0, 0.1) is 5.92 Å². The molecule has 0 aliphatic carbocycles. The van der Waals surface area contributed by atoms with Crippen LogP contribution in [-0.4, -0.2) is 49.6 Å². The number of nitrogens with one attached hydrogen (secondary N) is 2. The normalized spacial score (nSPS) is 14.0. The van der Waals surface area contributed by atoms with Gasteiger partial charge in [-0.3, -0.25) is 19.4 Å². The fourth-order valence-electron chi connectivity index (χ4n) is 5.01. The first kappa shape index (κ1) is 26.2. The van der Waals surface area contributed by atoms with E-state index in [4.69, 9.17) is 9.47 Å². The molecule has 1 aliphatic heterocycles. The zero-order chi connectivity index (χ0) is 27.5. The Balaban J connectivity index is 1.28. The van der Waals surface area contributed by atoms with Gasteiger partial charge >= 0.3 is 0 Å². The van der Waals surface area contributed by atoms with E-state index in [1.807, 2.05) is 54.3 Å². The molecule has 0 bridgehead atoms. The Bertz CT molecular complexity index is 1560. The van der Waals surface area contributed by atoms with E-state index in [-0.39, 0.29) is 11.6 Å². The third-order valence-corrected chi connectivity index (χ3v) is 7.39. The standard InChI is InChI=1S/C30H32N4O5/c1-4-26(35)34-9-7-18(8-10-34)16-32-27-28(30(37)29(27)36)33-22-6-5-19-11-21(17-31-25(19)14-22)20-12-23(38-2)15-24(13-20)39-3/h5-6,11-15,17-18,32-33H,4,7-10,16H2,1-3H3. The van der Waals surface area contributed by atoms with Gasteiger partial charge in [-0.05, 0) is 54.7 Å². The highest BCUT2D eigenvalue weighted by Gasteiger charge is 2.25. The zero-order valence-electron chi connectivity index (χ0n) is 22.4. The lowest BCUT2D eigenvalue weighted by Gasteiger charge is -2.32. The van der Waals surface area contributed by atoms with Crippen LogP contribution in [0.25, 0.3) is 22.0 Å². The first-order chi connectivity index (χ1) is 18.9. The van der Waals surface area contributed by atoms with Gasteiger partial charge in [0.25, 0.3) is 10.9 Å². The number of carbonyl (C=O) groups excluding carboxylic acids is 1.